The largest absolute Gasteiger partial charge is 0.508 e. The number of amides is 3. The summed E-state index contributed by atoms with van der Waals surface area (Å²) >= 11 is 0. The van der Waals surface area contributed by atoms with Crippen molar-refractivity contribution in [1.82, 2.24) is 10.6 Å². The number of fused-ring (bicyclic) bond motifs is 6. The first kappa shape index (κ1) is 15.2. The van der Waals surface area contributed by atoms with E-state index < -0.39 is 5.54 Å². The normalized spacial score (nSPS) is 41.7. The third kappa shape index (κ3) is 1.79. The number of hydrogen-bond acceptors (Lipinski definition) is 3. The summed E-state index contributed by atoms with van der Waals surface area (Å²) in [6.07, 6.45) is 5.83. The van der Waals surface area contributed by atoms with Crippen LogP contribution in [-0.2, 0) is 11.2 Å². The predicted octanol–water partition coefficient (Wildman–Crippen LogP) is 2.83. The fourth-order valence-electron chi connectivity index (χ4n) is 6.68. The van der Waals surface area contributed by atoms with E-state index in [2.05, 4.69) is 23.6 Å². The number of carbonyl (C=O) groups is 2. The van der Waals surface area contributed by atoms with Gasteiger partial charge in [-0.1, -0.05) is 13.0 Å². The van der Waals surface area contributed by atoms with E-state index in [0.717, 1.165) is 38.5 Å². The molecule has 1 heterocycles. The maximum Gasteiger partial charge on any atom is 0.322 e. The van der Waals surface area contributed by atoms with Gasteiger partial charge in [0.25, 0.3) is 5.91 Å². The summed E-state index contributed by atoms with van der Waals surface area (Å²) in [5, 5.41) is 15.3. The Morgan fingerprint density at radius 3 is 2.76 bits per heavy atom. The second kappa shape index (κ2) is 4.77. The first-order valence-electron chi connectivity index (χ1n) is 9.40. The Labute approximate surface area is 147 Å². The molecule has 1 aromatic rings. The number of aryl methyl sites for hydroxylation is 1. The third-order valence-corrected chi connectivity index (χ3v) is 7.85. The number of phenols is 1. The topological polar surface area (TPSA) is 78.4 Å². The van der Waals surface area contributed by atoms with Crippen molar-refractivity contribution in [3.63, 3.8) is 0 Å². The van der Waals surface area contributed by atoms with Crippen LogP contribution in [0.3, 0.4) is 0 Å². The van der Waals surface area contributed by atoms with Crippen molar-refractivity contribution in [2.24, 2.45) is 17.3 Å². The molecule has 3 fully saturated rings. The zero-order valence-electron chi connectivity index (χ0n) is 14.5. The van der Waals surface area contributed by atoms with Crippen molar-refractivity contribution in [2.75, 3.05) is 0 Å². The van der Waals surface area contributed by atoms with Gasteiger partial charge >= 0.3 is 6.03 Å². The SMILES string of the molecule is C[C@]12CC[C@@H]3c4ccc(O)cc4CC[C@H]3[C@@H]1CCC21NC(=O)NC1=O. The molecule has 0 radical (unpaired) electrons. The Morgan fingerprint density at radius 1 is 1.16 bits per heavy atom. The van der Waals surface area contributed by atoms with E-state index >= 15 is 0 Å². The smallest absolute Gasteiger partial charge is 0.322 e. The Bertz CT molecular complexity index is 791. The molecular weight excluding hydrogens is 316 g/mol. The lowest BCUT2D eigenvalue weighted by Gasteiger charge is -2.52. The Hall–Kier alpha value is -2.04. The molecule has 1 aromatic carbocycles. The molecule has 1 unspecified atom stereocenters. The third-order valence-electron chi connectivity index (χ3n) is 7.85. The van der Waals surface area contributed by atoms with Crippen LogP contribution >= 0.6 is 0 Å². The molecule has 4 aliphatic rings. The Kier molecular flexibility index (Phi) is 2.91. The highest BCUT2D eigenvalue weighted by atomic mass is 16.3. The van der Waals surface area contributed by atoms with E-state index in [1.165, 1.54) is 11.1 Å². The van der Waals surface area contributed by atoms with Crippen LogP contribution in [0.1, 0.15) is 56.1 Å². The summed E-state index contributed by atoms with van der Waals surface area (Å²) in [4.78, 5) is 24.5. The van der Waals surface area contributed by atoms with Gasteiger partial charge in [0.05, 0.1) is 0 Å². The number of rotatable bonds is 0. The number of benzene rings is 1. The first-order chi connectivity index (χ1) is 11.9. The maximum absolute atomic E-state index is 12.6. The van der Waals surface area contributed by atoms with E-state index in [4.69, 9.17) is 0 Å². The summed E-state index contributed by atoms with van der Waals surface area (Å²) in [5.74, 6) is 1.75. The second-order valence-electron chi connectivity index (χ2n) is 8.61. The van der Waals surface area contributed by atoms with Crippen molar-refractivity contribution in [1.29, 1.82) is 0 Å². The Morgan fingerprint density at radius 2 is 2.00 bits per heavy atom. The second-order valence-corrected chi connectivity index (χ2v) is 8.61. The minimum atomic E-state index is -0.713. The van der Waals surface area contributed by atoms with E-state index in [0.29, 0.717) is 23.5 Å². The summed E-state index contributed by atoms with van der Waals surface area (Å²) < 4.78 is 0. The lowest BCUT2D eigenvalue weighted by atomic mass is 9.52. The number of aromatic hydroxyl groups is 1. The fourth-order valence-corrected chi connectivity index (χ4v) is 6.68. The standard InChI is InChI=1S/C20H24N2O3/c1-19-8-6-14-13-5-3-12(23)10-11(13)2-4-15(14)16(19)7-9-20(19)17(24)21-18(25)22-20/h3,5,10,14-16,23H,2,4,6-9H2,1H3,(H2,21,22,24,25)/t14-,15-,16+,19+,20?/m1/s1. The molecule has 0 bridgehead atoms. The quantitative estimate of drug-likeness (QED) is 0.636. The first-order valence-corrected chi connectivity index (χ1v) is 9.40. The molecule has 0 aromatic heterocycles. The molecule has 2 saturated carbocycles. The molecule has 132 valence electrons. The highest BCUT2D eigenvalue weighted by molar-refractivity contribution is 6.07. The average molecular weight is 340 g/mol. The van der Waals surface area contributed by atoms with Gasteiger partial charge in [0.1, 0.15) is 11.3 Å². The van der Waals surface area contributed by atoms with Gasteiger partial charge in [-0.15, -0.1) is 0 Å². The fraction of sp³-hybridized carbons (Fsp3) is 0.600. The molecule has 5 heteroatoms. The van der Waals surface area contributed by atoms with Crippen LogP contribution in [0.5, 0.6) is 5.75 Å². The average Bonchev–Trinajstić information content (AvgIpc) is 3.04. The molecule has 5 nitrogen and oxygen atoms in total. The lowest BCUT2D eigenvalue weighted by molar-refractivity contribution is -0.130. The van der Waals surface area contributed by atoms with E-state index in [9.17, 15) is 14.7 Å². The number of phenolic OH excluding ortho intramolecular Hbond substituents is 1. The van der Waals surface area contributed by atoms with Crippen molar-refractivity contribution >= 4 is 11.9 Å². The zero-order chi connectivity index (χ0) is 17.4. The number of imide groups is 1. The summed E-state index contributed by atoms with van der Waals surface area (Å²) in [5.41, 5.74) is 1.79. The molecule has 3 N–H and O–H groups in total. The lowest BCUT2D eigenvalue weighted by Crippen LogP contribution is -2.59. The van der Waals surface area contributed by atoms with E-state index in [1.54, 1.807) is 6.07 Å². The van der Waals surface area contributed by atoms with Crippen LogP contribution < -0.4 is 10.6 Å². The van der Waals surface area contributed by atoms with Crippen LogP contribution in [0.4, 0.5) is 4.79 Å². The molecule has 3 aliphatic carbocycles. The molecule has 1 saturated heterocycles. The van der Waals surface area contributed by atoms with Gasteiger partial charge in [0.15, 0.2) is 0 Å². The molecule has 5 atom stereocenters. The number of urea groups is 1. The van der Waals surface area contributed by atoms with Crippen molar-refractivity contribution < 1.29 is 14.7 Å². The van der Waals surface area contributed by atoms with Crippen LogP contribution in [0, 0.1) is 17.3 Å². The minimum Gasteiger partial charge on any atom is -0.508 e. The van der Waals surface area contributed by atoms with E-state index in [1.807, 2.05) is 6.07 Å². The summed E-state index contributed by atoms with van der Waals surface area (Å²) in [7, 11) is 0. The van der Waals surface area contributed by atoms with Gasteiger partial charge < -0.3 is 10.4 Å². The number of nitrogens with one attached hydrogen (secondary N) is 2. The summed E-state index contributed by atoms with van der Waals surface area (Å²) in [6, 6.07) is 5.48. The van der Waals surface area contributed by atoms with Gasteiger partial charge in [-0.25, -0.2) is 4.79 Å². The number of carbonyl (C=O) groups excluding carboxylic acids is 2. The minimum absolute atomic E-state index is 0.123. The maximum atomic E-state index is 12.6. The van der Waals surface area contributed by atoms with Gasteiger partial charge in [-0.3, -0.25) is 10.1 Å². The highest BCUT2D eigenvalue weighted by Crippen LogP contribution is 2.64. The Balaban J connectivity index is 1.53. The van der Waals surface area contributed by atoms with Crippen LogP contribution in [-0.4, -0.2) is 22.6 Å². The zero-order valence-corrected chi connectivity index (χ0v) is 14.5. The molecule has 25 heavy (non-hydrogen) atoms. The van der Waals surface area contributed by atoms with E-state index in [-0.39, 0.29) is 17.4 Å². The van der Waals surface area contributed by atoms with Gasteiger partial charge in [0.2, 0.25) is 0 Å². The molecule has 1 spiro atoms. The van der Waals surface area contributed by atoms with Crippen LogP contribution in [0.15, 0.2) is 18.2 Å². The van der Waals surface area contributed by atoms with Crippen molar-refractivity contribution in [3.05, 3.63) is 29.3 Å². The van der Waals surface area contributed by atoms with Crippen molar-refractivity contribution in [2.45, 2.75) is 56.9 Å². The molecule has 5 rings (SSSR count). The monoisotopic (exact) mass is 340 g/mol. The van der Waals surface area contributed by atoms with Crippen LogP contribution in [0.2, 0.25) is 0 Å². The predicted molar refractivity (Wildman–Crippen MR) is 92.1 cm³/mol. The summed E-state index contributed by atoms with van der Waals surface area (Å²) in [6.45, 7) is 2.22. The molecule has 1 aliphatic heterocycles. The van der Waals surface area contributed by atoms with Crippen LogP contribution in [0.25, 0.3) is 0 Å². The highest BCUT2D eigenvalue weighted by Gasteiger charge is 2.67. The number of hydrogen-bond donors (Lipinski definition) is 3. The van der Waals surface area contributed by atoms with Gasteiger partial charge in [-0.05, 0) is 79.5 Å². The van der Waals surface area contributed by atoms with Crippen molar-refractivity contribution in [3.8, 4) is 5.75 Å². The van der Waals surface area contributed by atoms with Gasteiger partial charge in [-0.2, -0.15) is 0 Å². The molecule has 3 amide bonds. The van der Waals surface area contributed by atoms with Gasteiger partial charge in [0, 0.05) is 5.41 Å². The molecular formula is C20H24N2O3.